The molecule has 0 fully saturated rings. The van der Waals surface area contributed by atoms with Gasteiger partial charge in [-0.25, -0.2) is 0 Å². The summed E-state index contributed by atoms with van der Waals surface area (Å²) >= 11 is 0. The Kier molecular flexibility index (Phi) is 42.4. The van der Waals surface area contributed by atoms with Crippen molar-refractivity contribution in [2.24, 2.45) is 0 Å². The second-order valence-corrected chi connectivity index (χ2v) is 15.7. The standard InChI is InChI=1S/C49H88O6/c1-4-7-10-13-16-19-22-24-25-26-28-30-33-36-39-42-48(51)54-45-46(44-53-47(50)41-38-35-32-29-21-18-15-12-9-6-3)55-49(52)43-40-37-34-31-27-23-20-17-14-11-8-5-2/h12,15-16,19,24-25,46H,4-11,13-14,17-18,20-23,26-45H2,1-3H3/b15-12-,19-16-,25-24-. The van der Waals surface area contributed by atoms with Crippen LogP contribution < -0.4 is 0 Å². The summed E-state index contributed by atoms with van der Waals surface area (Å²) in [4.78, 5) is 37.7. The van der Waals surface area contributed by atoms with Gasteiger partial charge in [-0.3, -0.25) is 14.4 Å². The molecule has 0 rings (SSSR count). The van der Waals surface area contributed by atoms with Crippen LogP contribution in [0.5, 0.6) is 0 Å². The first-order chi connectivity index (χ1) is 27.0. The molecule has 1 unspecified atom stereocenters. The quantitative estimate of drug-likeness (QED) is 0.0266. The van der Waals surface area contributed by atoms with Crippen molar-refractivity contribution < 1.29 is 28.6 Å². The van der Waals surface area contributed by atoms with Crippen LogP contribution in [0.25, 0.3) is 0 Å². The molecule has 0 aromatic rings. The molecule has 0 saturated heterocycles. The number of hydrogen-bond acceptors (Lipinski definition) is 6. The third-order valence-electron chi connectivity index (χ3n) is 10.1. The van der Waals surface area contributed by atoms with E-state index in [2.05, 4.69) is 57.2 Å². The Labute approximate surface area is 340 Å². The summed E-state index contributed by atoms with van der Waals surface area (Å²) in [5.41, 5.74) is 0. The maximum atomic E-state index is 12.7. The Bertz CT molecular complexity index is 938. The molecule has 1 atom stereocenters. The Balaban J connectivity index is 4.37. The average molecular weight is 773 g/mol. The van der Waals surface area contributed by atoms with Crippen LogP contribution in [0.1, 0.15) is 239 Å². The molecule has 0 aliphatic rings. The lowest BCUT2D eigenvalue weighted by Gasteiger charge is -2.18. The molecule has 320 valence electrons. The summed E-state index contributed by atoms with van der Waals surface area (Å²) in [6, 6.07) is 0. The molecular formula is C49H88O6. The molecular weight excluding hydrogens is 685 g/mol. The number of carbonyl (C=O) groups is 3. The minimum Gasteiger partial charge on any atom is -0.462 e. The summed E-state index contributed by atoms with van der Waals surface area (Å²) in [5.74, 6) is -0.900. The average Bonchev–Trinajstić information content (AvgIpc) is 3.18. The normalized spacial score (nSPS) is 12.3. The zero-order valence-electron chi connectivity index (χ0n) is 36.4. The number of esters is 3. The van der Waals surface area contributed by atoms with Crippen molar-refractivity contribution in [1.29, 1.82) is 0 Å². The van der Waals surface area contributed by atoms with Crippen molar-refractivity contribution in [3.05, 3.63) is 36.5 Å². The van der Waals surface area contributed by atoms with E-state index in [1.807, 2.05) is 0 Å². The number of unbranched alkanes of at least 4 members (excludes halogenated alkanes) is 25. The van der Waals surface area contributed by atoms with Crippen LogP contribution in [0.2, 0.25) is 0 Å². The molecule has 55 heavy (non-hydrogen) atoms. The molecule has 0 aromatic heterocycles. The molecule has 0 heterocycles. The largest absolute Gasteiger partial charge is 0.462 e. The smallest absolute Gasteiger partial charge is 0.306 e. The van der Waals surface area contributed by atoms with Crippen LogP contribution in [0.3, 0.4) is 0 Å². The topological polar surface area (TPSA) is 78.9 Å². The number of ether oxygens (including phenoxy) is 3. The van der Waals surface area contributed by atoms with Gasteiger partial charge in [0.05, 0.1) is 0 Å². The number of carbonyl (C=O) groups excluding carboxylic acids is 3. The van der Waals surface area contributed by atoms with Gasteiger partial charge in [0.2, 0.25) is 0 Å². The molecule has 0 bridgehead atoms. The van der Waals surface area contributed by atoms with Crippen molar-refractivity contribution in [2.45, 2.75) is 245 Å². The van der Waals surface area contributed by atoms with Gasteiger partial charge in [0.1, 0.15) is 13.2 Å². The summed E-state index contributed by atoms with van der Waals surface area (Å²) in [6.45, 7) is 6.53. The minimum atomic E-state index is -0.775. The van der Waals surface area contributed by atoms with Crippen molar-refractivity contribution in [2.75, 3.05) is 13.2 Å². The second-order valence-electron chi connectivity index (χ2n) is 15.7. The van der Waals surface area contributed by atoms with Gasteiger partial charge in [0.15, 0.2) is 6.10 Å². The fraction of sp³-hybridized carbons (Fsp3) is 0.816. The first-order valence-electron chi connectivity index (χ1n) is 23.5. The van der Waals surface area contributed by atoms with E-state index in [0.29, 0.717) is 19.3 Å². The van der Waals surface area contributed by atoms with E-state index in [4.69, 9.17) is 14.2 Å². The summed E-state index contributed by atoms with van der Waals surface area (Å²) in [6.07, 6.45) is 49.8. The second kappa shape index (κ2) is 44.3. The van der Waals surface area contributed by atoms with Gasteiger partial charge in [-0.1, -0.05) is 186 Å². The zero-order chi connectivity index (χ0) is 40.1. The predicted molar refractivity (Wildman–Crippen MR) is 233 cm³/mol. The summed E-state index contributed by atoms with van der Waals surface area (Å²) < 4.78 is 16.7. The van der Waals surface area contributed by atoms with Gasteiger partial charge in [0, 0.05) is 19.3 Å². The highest BCUT2D eigenvalue weighted by atomic mass is 16.6. The van der Waals surface area contributed by atoms with Crippen LogP contribution in [0.15, 0.2) is 36.5 Å². The van der Waals surface area contributed by atoms with Gasteiger partial charge < -0.3 is 14.2 Å². The predicted octanol–water partition coefficient (Wildman–Crippen LogP) is 15.0. The van der Waals surface area contributed by atoms with Crippen LogP contribution in [-0.4, -0.2) is 37.2 Å². The van der Waals surface area contributed by atoms with Crippen molar-refractivity contribution in [1.82, 2.24) is 0 Å². The SMILES string of the molecule is CCC/C=C\CCCCCCCC(=O)OCC(COC(=O)CCCCCCC/C=C\C/C=C\CCCCC)OC(=O)CCCCCCCCCCCCCC. The molecule has 0 aliphatic heterocycles. The summed E-state index contributed by atoms with van der Waals surface area (Å²) in [5, 5.41) is 0. The fourth-order valence-electron chi connectivity index (χ4n) is 6.53. The number of rotatable bonds is 42. The molecule has 0 spiro atoms. The molecule has 0 aliphatic carbocycles. The Hall–Kier alpha value is -2.37. The monoisotopic (exact) mass is 773 g/mol. The minimum absolute atomic E-state index is 0.0793. The lowest BCUT2D eigenvalue weighted by Crippen LogP contribution is -2.30. The van der Waals surface area contributed by atoms with Crippen molar-refractivity contribution in [3.8, 4) is 0 Å². The van der Waals surface area contributed by atoms with Gasteiger partial charge in [-0.05, 0) is 70.6 Å². The molecule has 0 radical (unpaired) electrons. The van der Waals surface area contributed by atoms with E-state index in [-0.39, 0.29) is 31.1 Å². The van der Waals surface area contributed by atoms with Gasteiger partial charge in [0.25, 0.3) is 0 Å². The number of hydrogen-bond donors (Lipinski definition) is 0. The van der Waals surface area contributed by atoms with Crippen molar-refractivity contribution in [3.63, 3.8) is 0 Å². The van der Waals surface area contributed by atoms with E-state index >= 15 is 0 Å². The van der Waals surface area contributed by atoms with Crippen LogP contribution in [-0.2, 0) is 28.6 Å². The van der Waals surface area contributed by atoms with Gasteiger partial charge in [-0.15, -0.1) is 0 Å². The molecule has 6 heteroatoms. The maximum absolute atomic E-state index is 12.7. The Morgan fingerprint density at radius 1 is 0.364 bits per heavy atom. The lowest BCUT2D eigenvalue weighted by atomic mass is 10.0. The summed E-state index contributed by atoms with van der Waals surface area (Å²) in [7, 11) is 0. The van der Waals surface area contributed by atoms with Gasteiger partial charge in [-0.2, -0.15) is 0 Å². The highest BCUT2D eigenvalue weighted by Gasteiger charge is 2.19. The first kappa shape index (κ1) is 52.6. The number of allylic oxidation sites excluding steroid dienone is 6. The van der Waals surface area contributed by atoms with Gasteiger partial charge >= 0.3 is 17.9 Å². The third kappa shape index (κ3) is 42.6. The lowest BCUT2D eigenvalue weighted by molar-refractivity contribution is -0.167. The Morgan fingerprint density at radius 3 is 1.13 bits per heavy atom. The molecule has 0 amide bonds. The first-order valence-corrected chi connectivity index (χ1v) is 23.5. The maximum Gasteiger partial charge on any atom is 0.306 e. The molecule has 6 nitrogen and oxygen atoms in total. The van der Waals surface area contributed by atoms with Crippen LogP contribution >= 0.6 is 0 Å². The molecule has 0 N–H and O–H groups in total. The Morgan fingerprint density at radius 2 is 0.691 bits per heavy atom. The molecule has 0 saturated carbocycles. The molecule has 0 aromatic carbocycles. The van der Waals surface area contributed by atoms with Crippen molar-refractivity contribution >= 4 is 17.9 Å². The van der Waals surface area contributed by atoms with E-state index in [1.54, 1.807) is 0 Å². The van der Waals surface area contributed by atoms with Crippen LogP contribution in [0, 0.1) is 0 Å². The van der Waals surface area contributed by atoms with E-state index in [1.165, 1.54) is 109 Å². The highest BCUT2D eigenvalue weighted by molar-refractivity contribution is 5.71. The highest BCUT2D eigenvalue weighted by Crippen LogP contribution is 2.14. The zero-order valence-corrected chi connectivity index (χ0v) is 36.4. The van der Waals surface area contributed by atoms with E-state index in [0.717, 1.165) is 89.9 Å². The third-order valence-corrected chi connectivity index (χ3v) is 10.1. The van der Waals surface area contributed by atoms with E-state index < -0.39 is 6.10 Å². The fourth-order valence-corrected chi connectivity index (χ4v) is 6.53. The van der Waals surface area contributed by atoms with Crippen LogP contribution in [0.4, 0.5) is 0 Å². The van der Waals surface area contributed by atoms with E-state index in [9.17, 15) is 14.4 Å².